The number of carbonyl (C=O) groups is 1. The van der Waals surface area contributed by atoms with Crippen molar-refractivity contribution in [3.63, 3.8) is 0 Å². The molecule has 0 saturated carbocycles. The molecule has 4 heteroatoms. The van der Waals surface area contributed by atoms with Gasteiger partial charge in [-0.05, 0) is 13.3 Å². The zero-order chi connectivity index (χ0) is 9.40. The summed E-state index contributed by atoms with van der Waals surface area (Å²) in [6, 6.07) is 0. The molecule has 0 rings (SSSR count). The number of aliphatic carboxylic acids is 1. The minimum absolute atomic E-state index is 0.110. The number of hydrogen-bond acceptors (Lipinski definition) is 3. The fraction of sp³-hybridized carbons (Fsp3) is 0.875. The van der Waals surface area contributed by atoms with Gasteiger partial charge in [0.05, 0.1) is 19.1 Å². The van der Waals surface area contributed by atoms with Gasteiger partial charge in [-0.2, -0.15) is 0 Å². The molecule has 0 spiro atoms. The zero-order valence-corrected chi connectivity index (χ0v) is 7.58. The molecule has 0 bridgehead atoms. The summed E-state index contributed by atoms with van der Waals surface area (Å²) in [5, 5.41) is 8.45. The first-order valence-corrected chi connectivity index (χ1v) is 4.15. The molecule has 0 aromatic heterocycles. The van der Waals surface area contributed by atoms with Crippen molar-refractivity contribution in [1.82, 2.24) is 0 Å². The number of carboxylic acids is 1. The van der Waals surface area contributed by atoms with Gasteiger partial charge in [-0.3, -0.25) is 4.79 Å². The SMILES string of the molecule is CCCCOOCC(C)C(=O)O. The van der Waals surface area contributed by atoms with Crippen LogP contribution in [0.3, 0.4) is 0 Å². The first-order valence-electron chi connectivity index (χ1n) is 4.15. The van der Waals surface area contributed by atoms with Crippen molar-refractivity contribution in [1.29, 1.82) is 0 Å². The molecule has 0 aliphatic carbocycles. The van der Waals surface area contributed by atoms with Crippen LogP contribution >= 0.6 is 0 Å². The van der Waals surface area contributed by atoms with Crippen LogP contribution in [-0.2, 0) is 14.6 Å². The van der Waals surface area contributed by atoms with E-state index < -0.39 is 11.9 Å². The van der Waals surface area contributed by atoms with Crippen molar-refractivity contribution in [2.75, 3.05) is 13.2 Å². The second-order valence-electron chi connectivity index (χ2n) is 2.70. The number of unbranched alkanes of at least 4 members (excludes halogenated alkanes) is 1. The Balaban J connectivity index is 3.14. The van der Waals surface area contributed by atoms with E-state index in [9.17, 15) is 4.79 Å². The van der Waals surface area contributed by atoms with Crippen LogP contribution in [-0.4, -0.2) is 24.3 Å². The van der Waals surface area contributed by atoms with Crippen LogP contribution in [0.25, 0.3) is 0 Å². The lowest BCUT2D eigenvalue weighted by Gasteiger charge is -2.05. The van der Waals surface area contributed by atoms with Gasteiger partial charge in [-0.1, -0.05) is 13.3 Å². The van der Waals surface area contributed by atoms with Gasteiger partial charge in [0.1, 0.15) is 0 Å². The van der Waals surface area contributed by atoms with E-state index >= 15 is 0 Å². The zero-order valence-electron chi connectivity index (χ0n) is 7.58. The Labute approximate surface area is 72.4 Å². The van der Waals surface area contributed by atoms with Crippen LogP contribution in [0.5, 0.6) is 0 Å². The van der Waals surface area contributed by atoms with Crippen LogP contribution in [0.4, 0.5) is 0 Å². The predicted molar refractivity (Wildman–Crippen MR) is 43.6 cm³/mol. The molecule has 12 heavy (non-hydrogen) atoms. The van der Waals surface area contributed by atoms with Crippen molar-refractivity contribution >= 4 is 5.97 Å². The maximum absolute atomic E-state index is 10.3. The molecule has 0 fully saturated rings. The minimum Gasteiger partial charge on any atom is -0.481 e. The van der Waals surface area contributed by atoms with E-state index in [2.05, 4.69) is 4.89 Å². The highest BCUT2D eigenvalue weighted by Crippen LogP contribution is 1.96. The summed E-state index contributed by atoms with van der Waals surface area (Å²) >= 11 is 0. The molecule has 0 radical (unpaired) electrons. The Kier molecular flexibility index (Phi) is 6.70. The second kappa shape index (κ2) is 7.06. The van der Waals surface area contributed by atoms with Gasteiger partial charge in [0, 0.05) is 0 Å². The fourth-order valence-electron chi connectivity index (χ4n) is 0.484. The van der Waals surface area contributed by atoms with Gasteiger partial charge in [0.15, 0.2) is 0 Å². The van der Waals surface area contributed by atoms with Crippen molar-refractivity contribution < 1.29 is 19.7 Å². The van der Waals surface area contributed by atoms with Crippen LogP contribution < -0.4 is 0 Å². The third-order valence-corrected chi connectivity index (χ3v) is 1.40. The Morgan fingerprint density at radius 3 is 2.67 bits per heavy atom. The molecule has 0 heterocycles. The smallest absolute Gasteiger partial charge is 0.308 e. The van der Waals surface area contributed by atoms with E-state index in [0.717, 1.165) is 12.8 Å². The lowest BCUT2D eigenvalue weighted by molar-refractivity contribution is -0.300. The molecular weight excluding hydrogens is 160 g/mol. The summed E-state index contributed by atoms with van der Waals surface area (Å²) in [6.45, 7) is 4.26. The van der Waals surface area contributed by atoms with E-state index in [1.165, 1.54) is 0 Å². The normalized spacial score (nSPS) is 12.8. The Hall–Kier alpha value is -0.610. The second-order valence-corrected chi connectivity index (χ2v) is 2.70. The summed E-state index contributed by atoms with van der Waals surface area (Å²) in [5.74, 6) is -1.37. The molecule has 0 saturated heterocycles. The van der Waals surface area contributed by atoms with Gasteiger partial charge in [0.2, 0.25) is 0 Å². The Bertz CT molecular complexity index is 124. The average molecular weight is 176 g/mol. The maximum atomic E-state index is 10.3. The molecule has 4 nitrogen and oxygen atoms in total. The summed E-state index contributed by atoms with van der Waals surface area (Å²) in [6.07, 6.45) is 1.97. The van der Waals surface area contributed by atoms with Gasteiger partial charge in [-0.25, -0.2) is 9.78 Å². The average Bonchev–Trinajstić information content (AvgIpc) is 2.03. The van der Waals surface area contributed by atoms with Gasteiger partial charge in [0.25, 0.3) is 0 Å². The van der Waals surface area contributed by atoms with Crippen molar-refractivity contribution in [3.8, 4) is 0 Å². The van der Waals surface area contributed by atoms with E-state index in [1.807, 2.05) is 6.92 Å². The lowest BCUT2D eigenvalue weighted by Crippen LogP contribution is -2.16. The summed E-state index contributed by atoms with van der Waals surface area (Å²) in [5.41, 5.74) is 0. The molecule has 0 amide bonds. The summed E-state index contributed by atoms with van der Waals surface area (Å²) in [4.78, 5) is 19.7. The van der Waals surface area contributed by atoms with Crippen molar-refractivity contribution in [3.05, 3.63) is 0 Å². The quantitative estimate of drug-likeness (QED) is 0.362. The topological polar surface area (TPSA) is 55.8 Å². The van der Waals surface area contributed by atoms with E-state index in [1.54, 1.807) is 6.92 Å². The minimum atomic E-state index is -0.867. The molecule has 72 valence electrons. The fourth-order valence-corrected chi connectivity index (χ4v) is 0.484. The number of hydrogen-bond donors (Lipinski definition) is 1. The van der Waals surface area contributed by atoms with Crippen LogP contribution in [0.1, 0.15) is 26.7 Å². The third-order valence-electron chi connectivity index (χ3n) is 1.40. The monoisotopic (exact) mass is 176 g/mol. The molecule has 0 aromatic carbocycles. The Morgan fingerprint density at radius 2 is 2.17 bits per heavy atom. The molecule has 1 N–H and O–H groups in total. The first kappa shape index (κ1) is 11.4. The maximum Gasteiger partial charge on any atom is 0.308 e. The van der Waals surface area contributed by atoms with Crippen molar-refractivity contribution in [2.24, 2.45) is 5.92 Å². The summed E-state index contributed by atoms with van der Waals surface area (Å²) < 4.78 is 0. The van der Waals surface area contributed by atoms with Gasteiger partial charge in [-0.15, -0.1) is 0 Å². The predicted octanol–water partition coefficient (Wildman–Crippen LogP) is 1.46. The van der Waals surface area contributed by atoms with Gasteiger partial charge < -0.3 is 5.11 Å². The standard InChI is InChI=1S/C8H16O4/c1-3-4-5-11-12-6-7(2)8(9)10/h7H,3-6H2,1-2H3,(H,9,10). The highest BCUT2D eigenvalue weighted by Gasteiger charge is 2.10. The summed E-state index contributed by atoms with van der Waals surface area (Å²) in [7, 11) is 0. The molecule has 1 unspecified atom stereocenters. The molecular formula is C8H16O4. The van der Waals surface area contributed by atoms with Crippen LogP contribution in [0.2, 0.25) is 0 Å². The number of rotatable bonds is 7. The first-order chi connectivity index (χ1) is 5.68. The van der Waals surface area contributed by atoms with Crippen LogP contribution in [0, 0.1) is 5.92 Å². The van der Waals surface area contributed by atoms with Crippen LogP contribution in [0.15, 0.2) is 0 Å². The lowest BCUT2D eigenvalue weighted by atomic mass is 10.2. The van der Waals surface area contributed by atoms with E-state index in [0.29, 0.717) is 6.61 Å². The highest BCUT2D eigenvalue weighted by molar-refractivity contribution is 5.69. The van der Waals surface area contributed by atoms with E-state index in [-0.39, 0.29) is 6.61 Å². The highest BCUT2D eigenvalue weighted by atomic mass is 17.2. The Morgan fingerprint density at radius 1 is 1.50 bits per heavy atom. The molecule has 0 aliphatic rings. The molecule has 0 aliphatic heterocycles. The molecule has 1 atom stereocenters. The largest absolute Gasteiger partial charge is 0.481 e. The van der Waals surface area contributed by atoms with E-state index in [4.69, 9.17) is 9.99 Å². The molecule has 0 aromatic rings. The number of carboxylic acid groups (broad SMARTS) is 1. The van der Waals surface area contributed by atoms with Crippen molar-refractivity contribution in [2.45, 2.75) is 26.7 Å². The third kappa shape index (κ3) is 6.12. The van der Waals surface area contributed by atoms with Gasteiger partial charge >= 0.3 is 5.97 Å².